The maximum absolute atomic E-state index is 13.4. The van der Waals surface area contributed by atoms with E-state index < -0.39 is 9.84 Å². The molecule has 1 aromatic heterocycles. The molecule has 1 aliphatic rings. The van der Waals surface area contributed by atoms with Crippen LogP contribution in [0, 0.1) is 0 Å². The zero-order valence-corrected chi connectivity index (χ0v) is 18.1. The average molecular weight is 479 g/mol. The van der Waals surface area contributed by atoms with Crippen LogP contribution in [0.5, 0.6) is 5.75 Å². The minimum Gasteiger partial charge on any atom is -0.497 e. The molecular weight excluding hydrogens is 460 g/mol. The van der Waals surface area contributed by atoms with Crippen LogP contribution in [0.3, 0.4) is 0 Å². The van der Waals surface area contributed by atoms with E-state index in [4.69, 9.17) is 13.9 Å². The van der Waals surface area contributed by atoms with E-state index in [1.165, 1.54) is 19.2 Å². The minimum atomic E-state index is -3.90. The van der Waals surface area contributed by atoms with Crippen LogP contribution in [0.1, 0.15) is 0 Å². The van der Waals surface area contributed by atoms with Gasteiger partial charge in [0.2, 0.25) is 26.6 Å². The Balaban J connectivity index is 1.83. The number of oxazole rings is 1. The second kappa shape index (κ2) is 8.17. The number of morpholine rings is 1. The van der Waals surface area contributed by atoms with E-state index in [1.54, 1.807) is 12.1 Å². The summed E-state index contributed by atoms with van der Waals surface area (Å²) in [6.07, 6.45) is 0. The zero-order chi connectivity index (χ0) is 20.4. The highest BCUT2D eigenvalue weighted by molar-refractivity contribution is 9.10. The average Bonchev–Trinajstić information content (AvgIpc) is 3.21. The van der Waals surface area contributed by atoms with Crippen LogP contribution in [-0.2, 0) is 14.6 Å². The van der Waals surface area contributed by atoms with Gasteiger partial charge in [-0.2, -0.15) is 4.98 Å². The molecule has 0 amide bonds. The zero-order valence-electron chi connectivity index (χ0n) is 15.7. The van der Waals surface area contributed by atoms with Crippen molar-refractivity contribution in [3.05, 3.63) is 53.0 Å². The molecule has 4 rings (SSSR count). The largest absolute Gasteiger partial charge is 0.497 e. The molecule has 29 heavy (non-hydrogen) atoms. The number of hydrogen-bond acceptors (Lipinski definition) is 7. The number of anilines is 1. The van der Waals surface area contributed by atoms with E-state index in [-0.39, 0.29) is 21.7 Å². The van der Waals surface area contributed by atoms with E-state index >= 15 is 0 Å². The van der Waals surface area contributed by atoms with Crippen molar-refractivity contribution in [2.75, 3.05) is 38.3 Å². The quantitative estimate of drug-likeness (QED) is 0.551. The van der Waals surface area contributed by atoms with Crippen molar-refractivity contribution in [1.82, 2.24) is 4.98 Å². The fourth-order valence-corrected chi connectivity index (χ4v) is 4.77. The lowest BCUT2D eigenvalue weighted by Crippen LogP contribution is -2.36. The molecule has 1 saturated heterocycles. The van der Waals surface area contributed by atoms with Crippen LogP contribution in [0.2, 0.25) is 0 Å². The fourth-order valence-electron chi connectivity index (χ4n) is 3.05. The standard InChI is InChI=1S/C20H19BrN2O5S/c1-26-16-5-7-17(8-6-16)29(24,25)19-20(23-9-11-27-12-10-23)28-18(22-19)14-3-2-4-15(21)13-14/h2-8,13H,9-12H2,1H3. The molecule has 1 aliphatic heterocycles. The maximum Gasteiger partial charge on any atom is 0.236 e. The Hall–Kier alpha value is -2.36. The SMILES string of the molecule is COc1ccc(S(=O)(=O)c2nc(-c3cccc(Br)c3)oc2N2CCOCC2)cc1. The summed E-state index contributed by atoms with van der Waals surface area (Å²) in [6, 6.07) is 13.6. The van der Waals surface area contributed by atoms with E-state index in [9.17, 15) is 8.42 Å². The molecule has 0 bridgehead atoms. The highest BCUT2D eigenvalue weighted by Gasteiger charge is 2.32. The number of hydrogen-bond donors (Lipinski definition) is 0. The van der Waals surface area contributed by atoms with Crippen molar-refractivity contribution in [2.24, 2.45) is 0 Å². The van der Waals surface area contributed by atoms with E-state index in [1.807, 2.05) is 29.2 Å². The van der Waals surface area contributed by atoms with E-state index in [0.29, 0.717) is 37.6 Å². The molecule has 0 radical (unpaired) electrons. The molecule has 0 unspecified atom stereocenters. The van der Waals surface area contributed by atoms with Crippen molar-refractivity contribution < 1.29 is 22.3 Å². The van der Waals surface area contributed by atoms with Crippen molar-refractivity contribution in [3.63, 3.8) is 0 Å². The van der Waals surface area contributed by atoms with Gasteiger partial charge in [0.15, 0.2) is 0 Å². The van der Waals surface area contributed by atoms with Gasteiger partial charge in [-0.15, -0.1) is 0 Å². The van der Waals surface area contributed by atoms with Crippen molar-refractivity contribution in [2.45, 2.75) is 9.92 Å². The molecule has 0 N–H and O–H groups in total. The first kappa shape index (κ1) is 19.9. The number of sulfone groups is 1. The number of ether oxygens (including phenoxy) is 2. The fraction of sp³-hybridized carbons (Fsp3) is 0.250. The Morgan fingerprint density at radius 2 is 1.83 bits per heavy atom. The third kappa shape index (κ3) is 4.03. The third-order valence-corrected chi connectivity index (χ3v) is 6.73. The lowest BCUT2D eigenvalue weighted by molar-refractivity contribution is 0.120. The van der Waals surface area contributed by atoms with Crippen molar-refractivity contribution in [3.8, 4) is 17.2 Å². The predicted molar refractivity (Wildman–Crippen MR) is 111 cm³/mol. The van der Waals surface area contributed by atoms with Crippen LogP contribution in [0.15, 0.2) is 67.3 Å². The van der Waals surface area contributed by atoms with Gasteiger partial charge in [-0.25, -0.2) is 8.42 Å². The topological polar surface area (TPSA) is 81.9 Å². The van der Waals surface area contributed by atoms with Gasteiger partial charge in [0.1, 0.15) is 5.75 Å². The summed E-state index contributed by atoms with van der Waals surface area (Å²) in [5, 5.41) is -0.0976. The summed E-state index contributed by atoms with van der Waals surface area (Å²) in [5.41, 5.74) is 0.685. The normalized spacial score (nSPS) is 14.8. The van der Waals surface area contributed by atoms with Gasteiger partial charge in [-0.1, -0.05) is 22.0 Å². The van der Waals surface area contributed by atoms with E-state index in [0.717, 1.165) is 4.47 Å². The molecule has 2 aromatic carbocycles. The smallest absolute Gasteiger partial charge is 0.236 e. The molecular formula is C20H19BrN2O5S. The minimum absolute atomic E-state index is 0.0976. The van der Waals surface area contributed by atoms with Crippen molar-refractivity contribution >= 4 is 31.7 Å². The van der Waals surface area contributed by atoms with Gasteiger partial charge >= 0.3 is 0 Å². The van der Waals surface area contributed by atoms with Gasteiger partial charge in [0.25, 0.3) is 0 Å². The highest BCUT2D eigenvalue weighted by Crippen LogP contribution is 2.35. The van der Waals surface area contributed by atoms with Crippen LogP contribution >= 0.6 is 15.9 Å². The summed E-state index contributed by atoms with van der Waals surface area (Å²) < 4.78 is 44.1. The van der Waals surface area contributed by atoms with E-state index in [2.05, 4.69) is 20.9 Å². The molecule has 152 valence electrons. The van der Waals surface area contributed by atoms with Gasteiger partial charge in [0.05, 0.1) is 25.2 Å². The number of rotatable bonds is 5. The first-order chi connectivity index (χ1) is 14.0. The number of benzene rings is 2. The molecule has 9 heteroatoms. The van der Waals surface area contributed by atoms with Crippen LogP contribution < -0.4 is 9.64 Å². The molecule has 0 aliphatic carbocycles. The Morgan fingerprint density at radius 1 is 1.10 bits per heavy atom. The number of halogens is 1. The molecule has 3 aromatic rings. The molecule has 0 spiro atoms. The summed E-state index contributed by atoms with van der Waals surface area (Å²) in [7, 11) is -2.37. The predicted octanol–water partition coefficient (Wildman–Crippen LogP) is 3.78. The third-order valence-electron chi connectivity index (χ3n) is 4.57. The van der Waals surface area contributed by atoms with Gasteiger partial charge < -0.3 is 18.8 Å². The first-order valence-corrected chi connectivity index (χ1v) is 11.3. The van der Waals surface area contributed by atoms with Crippen molar-refractivity contribution in [1.29, 1.82) is 0 Å². The Bertz CT molecular complexity index is 1110. The highest BCUT2D eigenvalue weighted by atomic mass is 79.9. The Kier molecular flexibility index (Phi) is 5.62. The second-order valence-electron chi connectivity index (χ2n) is 6.42. The molecule has 2 heterocycles. The monoisotopic (exact) mass is 478 g/mol. The first-order valence-electron chi connectivity index (χ1n) is 8.97. The Morgan fingerprint density at radius 3 is 2.48 bits per heavy atom. The second-order valence-corrected chi connectivity index (χ2v) is 9.20. The molecule has 7 nitrogen and oxygen atoms in total. The summed E-state index contributed by atoms with van der Waals surface area (Å²) in [4.78, 5) is 6.38. The molecule has 0 atom stereocenters. The number of nitrogens with zero attached hydrogens (tertiary/aromatic N) is 2. The van der Waals surface area contributed by atoms with Gasteiger partial charge in [0, 0.05) is 23.1 Å². The van der Waals surface area contributed by atoms with Gasteiger partial charge in [-0.05, 0) is 42.5 Å². The number of aromatic nitrogens is 1. The summed E-state index contributed by atoms with van der Waals surface area (Å²) in [6.45, 7) is 2.04. The molecule has 0 saturated carbocycles. The summed E-state index contributed by atoms with van der Waals surface area (Å²) in [5.74, 6) is 1.06. The maximum atomic E-state index is 13.4. The summed E-state index contributed by atoms with van der Waals surface area (Å²) >= 11 is 3.42. The van der Waals surface area contributed by atoms with Crippen LogP contribution in [0.4, 0.5) is 5.88 Å². The number of methoxy groups -OCH3 is 1. The lowest BCUT2D eigenvalue weighted by atomic mass is 10.2. The van der Waals surface area contributed by atoms with Crippen LogP contribution in [-0.4, -0.2) is 46.8 Å². The Labute approximate surface area is 177 Å². The van der Waals surface area contributed by atoms with Gasteiger partial charge in [-0.3, -0.25) is 0 Å². The lowest BCUT2D eigenvalue weighted by Gasteiger charge is -2.26. The van der Waals surface area contributed by atoms with Crippen LogP contribution in [0.25, 0.3) is 11.5 Å². The molecule has 1 fully saturated rings.